The molecule has 0 unspecified atom stereocenters. The monoisotopic (exact) mass is 298 g/mol. The number of allylic oxidation sites excluding steroid dienone is 2. The Morgan fingerprint density at radius 2 is 1.60 bits per heavy atom. The molecule has 1 rings (SSSR count). The molecule has 0 atom stereocenters. The number of hydrogen-bond acceptors (Lipinski definition) is 3. The van der Waals surface area contributed by atoms with Gasteiger partial charge in [-0.25, -0.2) is 4.79 Å². The van der Waals surface area contributed by atoms with Gasteiger partial charge in [0.1, 0.15) is 12.4 Å². The van der Waals surface area contributed by atoms with Gasteiger partial charge in [0, 0.05) is 0 Å². The maximum absolute atomic E-state index is 10.4. The maximum Gasteiger partial charge on any atom is 0.673 e. The molecule has 5 nitrogen and oxygen atoms in total. The lowest BCUT2D eigenvalue weighted by molar-refractivity contribution is -0.375. The smallest absolute Gasteiger partial charge is 0.418 e. The number of aromatic amines is 2. The fourth-order valence-electron chi connectivity index (χ4n) is 0.516. The first-order valence-corrected chi connectivity index (χ1v) is 5.27. The van der Waals surface area contributed by atoms with Gasteiger partial charge in [0.15, 0.2) is 0 Å². The lowest BCUT2D eigenvalue weighted by Gasteiger charge is -1.94. The quantitative estimate of drug-likeness (QED) is 0.394. The van der Waals surface area contributed by atoms with Gasteiger partial charge in [0.2, 0.25) is 6.33 Å². The van der Waals surface area contributed by atoms with Crippen LogP contribution < -0.4 is 4.98 Å². The molecule has 0 bridgehead atoms. The van der Waals surface area contributed by atoms with Crippen LogP contribution in [0.1, 0.15) is 13.8 Å². The van der Waals surface area contributed by atoms with Crippen LogP contribution in [0.5, 0.6) is 0 Å². The highest BCUT2D eigenvalue weighted by Gasteiger charge is 2.20. The highest BCUT2D eigenvalue weighted by Crippen LogP contribution is 2.06. The Labute approximate surface area is 113 Å². The number of aromatic nitrogens is 2. The average molecular weight is 298 g/mol. The van der Waals surface area contributed by atoms with E-state index in [1.165, 1.54) is 12.5 Å². The number of nitrogens with one attached hydrogen (secondary N) is 2. The first kappa shape index (κ1) is 20.1. The molecule has 0 aliphatic rings. The van der Waals surface area contributed by atoms with E-state index in [-0.39, 0.29) is 0 Å². The van der Waals surface area contributed by atoms with Crippen molar-refractivity contribution < 1.29 is 36.5 Å². The van der Waals surface area contributed by atoms with Gasteiger partial charge < -0.3 is 26.7 Å². The van der Waals surface area contributed by atoms with Crippen LogP contribution in [0, 0.1) is 0 Å². The SMILES string of the molecule is CC=COC(=O)OC=CC.F[B-](F)(F)F.c1c[nH+]c[nH]1. The molecular weight excluding hydrogens is 283 g/mol. The van der Waals surface area contributed by atoms with Crippen molar-refractivity contribution in [3.8, 4) is 0 Å². The molecule has 1 aromatic heterocycles. The second-order valence-corrected chi connectivity index (χ2v) is 2.73. The van der Waals surface area contributed by atoms with Crippen molar-refractivity contribution >= 4 is 13.4 Å². The summed E-state index contributed by atoms with van der Waals surface area (Å²) in [7, 11) is -6.00. The minimum atomic E-state index is -6.00. The van der Waals surface area contributed by atoms with E-state index in [0.717, 1.165) is 0 Å². The van der Waals surface area contributed by atoms with E-state index in [1.54, 1.807) is 32.3 Å². The van der Waals surface area contributed by atoms with Crippen LogP contribution in [0.15, 0.2) is 43.4 Å². The fourth-order valence-corrected chi connectivity index (χ4v) is 0.516. The Morgan fingerprint density at radius 3 is 1.80 bits per heavy atom. The third kappa shape index (κ3) is 29.6. The second-order valence-electron chi connectivity index (χ2n) is 2.73. The molecule has 0 aliphatic heterocycles. The molecule has 0 aliphatic carbocycles. The van der Waals surface area contributed by atoms with Crippen LogP contribution in [0.4, 0.5) is 22.1 Å². The van der Waals surface area contributed by atoms with E-state index >= 15 is 0 Å². The van der Waals surface area contributed by atoms with Crippen molar-refractivity contribution in [3.05, 3.63) is 43.4 Å². The van der Waals surface area contributed by atoms with E-state index in [0.29, 0.717) is 0 Å². The van der Waals surface area contributed by atoms with Crippen LogP contribution in [0.3, 0.4) is 0 Å². The Bertz CT molecular complexity index is 341. The number of H-pyrrole nitrogens is 2. The zero-order valence-corrected chi connectivity index (χ0v) is 10.9. The minimum absolute atomic E-state index is 0.726. The van der Waals surface area contributed by atoms with Crippen molar-refractivity contribution in [2.45, 2.75) is 13.8 Å². The summed E-state index contributed by atoms with van der Waals surface area (Å²) >= 11 is 0. The molecule has 0 aromatic carbocycles. The Morgan fingerprint density at radius 1 is 1.15 bits per heavy atom. The number of carbonyl (C=O) groups is 1. The number of halogens is 4. The van der Waals surface area contributed by atoms with Crippen molar-refractivity contribution in [1.82, 2.24) is 4.98 Å². The Hall–Kier alpha value is -2.26. The molecule has 20 heavy (non-hydrogen) atoms. The summed E-state index contributed by atoms with van der Waals surface area (Å²) in [4.78, 5) is 16.0. The summed E-state index contributed by atoms with van der Waals surface area (Å²) < 4.78 is 47.8. The number of hydrogen-bond donors (Lipinski definition) is 1. The van der Waals surface area contributed by atoms with E-state index < -0.39 is 13.4 Å². The second kappa shape index (κ2) is 13.2. The topological polar surface area (TPSA) is 65.5 Å². The number of carbonyl (C=O) groups excluding carboxylic acids is 1. The van der Waals surface area contributed by atoms with Crippen LogP contribution in [0.25, 0.3) is 0 Å². The van der Waals surface area contributed by atoms with Crippen molar-refractivity contribution in [2.75, 3.05) is 0 Å². The Kier molecular flexibility index (Phi) is 13.2. The van der Waals surface area contributed by atoms with Crippen LogP contribution >= 0.6 is 0 Å². The highest BCUT2D eigenvalue weighted by molar-refractivity contribution is 6.50. The number of rotatable bonds is 2. The molecule has 0 saturated heterocycles. The molecule has 0 spiro atoms. The predicted molar refractivity (Wildman–Crippen MR) is 64.7 cm³/mol. The summed E-state index contributed by atoms with van der Waals surface area (Å²) in [5, 5.41) is 0. The summed E-state index contributed by atoms with van der Waals surface area (Å²) in [6.07, 6.45) is 10.4. The fraction of sp³-hybridized carbons (Fsp3) is 0.200. The van der Waals surface area contributed by atoms with Crippen LogP contribution in [-0.4, -0.2) is 18.4 Å². The molecular formula is C10H15BF4N2O3. The summed E-state index contributed by atoms with van der Waals surface area (Å²) in [5.74, 6) is 0. The van der Waals surface area contributed by atoms with Gasteiger partial charge in [-0.15, -0.1) is 0 Å². The van der Waals surface area contributed by atoms with Crippen molar-refractivity contribution in [2.24, 2.45) is 0 Å². The predicted octanol–water partition coefficient (Wildman–Crippen LogP) is 3.34. The van der Waals surface area contributed by atoms with Gasteiger partial charge in [-0.05, 0) is 13.8 Å². The van der Waals surface area contributed by atoms with Crippen molar-refractivity contribution in [3.63, 3.8) is 0 Å². The molecule has 0 amide bonds. The maximum atomic E-state index is 10.4. The van der Waals surface area contributed by atoms with Gasteiger partial charge in [0.25, 0.3) is 0 Å². The lowest BCUT2D eigenvalue weighted by atomic mass is 10.3. The average Bonchev–Trinajstić information content (AvgIpc) is 2.90. The van der Waals surface area contributed by atoms with Gasteiger partial charge in [0.05, 0.1) is 12.5 Å². The number of imidazole rings is 1. The van der Waals surface area contributed by atoms with E-state index in [1.807, 2.05) is 12.4 Å². The van der Waals surface area contributed by atoms with Gasteiger partial charge >= 0.3 is 13.4 Å². The largest absolute Gasteiger partial charge is 0.673 e. The molecule has 0 fully saturated rings. The molecule has 0 radical (unpaired) electrons. The first-order chi connectivity index (χ1) is 9.31. The van der Waals surface area contributed by atoms with Crippen molar-refractivity contribution in [1.29, 1.82) is 0 Å². The first-order valence-electron chi connectivity index (χ1n) is 5.27. The molecule has 1 aromatic rings. The Balaban J connectivity index is 0. The van der Waals surface area contributed by atoms with Gasteiger partial charge in [-0.1, -0.05) is 12.2 Å². The molecule has 2 N–H and O–H groups in total. The molecule has 114 valence electrons. The normalized spacial score (nSPS) is 10.3. The number of ether oxygens (including phenoxy) is 2. The highest BCUT2D eigenvalue weighted by atomic mass is 19.5. The minimum Gasteiger partial charge on any atom is -0.418 e. The third-order valence-electron chi connectivity index (χ3n) is 1.04. The van der Waals surface area contributed by atoms with Crippen LogP contribution in [0.2, 0.25) is 0 Å². The standard InChI is InChI=1S/C7H10O3.C3H4N2.BF4/c1-3-5-9-7(8)10-6-4-2;1-2-5-3-4-1;2-1(3,4)5/h3-6H,1-2H3;1-3H,(H,4,5);/q;;-1/p+1. The zero-order chi connectivity index (χ0) is 15.9. The third-order valence-corrected chi connectivity index (χ3v) is 1.04. The van der Waals surface area contributed by atoms with Gasteiger partial charge in [-0.3, -0.25) is 9.97 Å². The van der Waals surface area contributed by atoms with E-state index in [4.69, 9.17) is 0 Å². The van der Waals surface area contributed by atoms with E-state index in [2.05, 4.69) is 19.4 Å². The molecule has 1 heterocycles. The lowest BCUT2D eigenvalue weighted by Crippen LogP contribution is -2.02. The summed E-state index contributed by atoms with van der Waals surface area (Å²) in [5.41, 5.74) is 0. The molecule has 10 heteroatoms. The van der Waals surface area contributed by atoms with E-state index in [9.17, 15) is 22.1 Å². The summed E-state index contributed by atoms with van der Waals surface area (Å²) in [6, 6.07) is 0. The van der Waals surface area contributed by atoms with Crippen LogP contribution in [-0.2, 0) is 9.47 Å². The zero-order valence-electron chi connectivity index (χ0n) is 10.9. The summed E-state index contributed by atoms with van der Waals surface area (Å²) in [6.45, 7) is 3.48. The van der Waals surface area contributed by atoms with Gasteiger partial charge in [-0.2, -0.15) is 0 Å². The molecule has 0 saturated carbocycles.